The van der Waals surface area contributed by atoms with E-state index in [0.29, 0.717) is 0 Å². The minimum atomic E-state index is -1.18. The van der Waals surface area contributed by atoms with Gasteiger partial charge in [0.25, 0.3) is 0 Å². The maximum absolute atomic E-state index is 14.0. The van der Waals surface area contributed by atoms with E-state index in [0.717, 1.165) is 16.7 Å². The smallest absolute Gasteiger partial charge is 0.329 e. The minimum Gasteiger partial charge on any atom is -0.467 e. The molecule has 0 aliphatic carbocycles. The summed E-state index contributed by atoms with van der Waals surface area (Å²) in [5, 5.41) is 2.85. The van der Waals surface area contributed by atoms with Gasteiger partial charge in [0.1, 0.15) is 11.5 Å². The van der Waals surface area contributed by atoms with Crippen molar-refractivity contribution in [2.24, 2.45) is 0 Å². The van der Waals surface area contributed by atoms with Crippen molar-refractivity contribution in [1.29, 1.82) is 0 Å². The molecule has 0 spiro atoms. The average Bonchev–Trinajstić information content (AvgIpc) is 2.81. The van der Waals surface area contributed by atoms with Crippen molar-refractivity contribution < 1.29 is 14.3 Å². The Morgan fingerprint density at radius 1 is 0.867 bits per heavy atom. The molecule has 3 rings (SSSR count). The summed E-state index contributed by atoms with van der Waals surface area (Å²) in [6.45, 7) is 0. The number of nitrogens with one attached hydrogen (secondary N) is 1. The molecule has 30 heavy (non-hydrogen) atoms. The van der Waals surface area contributed by atoms with Gasteiger partial charge in [0, 0.05) is 6.42 Å². The van der Waals surface area contributed by atoms with Gasteiger partial charge in [-0.2, -0.15) is 0 Å². The molecule has 0 aliphatic rings. The van der Waals surface area contributed by atoms with Gasteiger partial charge in [0.2, 0.25) is 5.91 Å². The number of amides is 1. The number of rotatable bonds is 7. The molecule has 0 fully saturated rings. The van der Waals surface area contributed by atoms with Gasteiger partial charge in [0.05, 0.1) is 7.11 Å². The zero-order chi connectivity index (χ0) is 21.4. The molecule has 0 radical (unpaired) electrons. The van der Waals surface area contributed by atoms with Crippen LogP contribution in [0.5, 0.6) is 0 Å². The van der Waals surface area contributed by atoms with Crippen LogP contribution in [-0.2, 0) is 19.7 Å². The van der Waals surface area contributed by atoms with E-state index in [9.17, 15) is 9.59 Å². The number of terminal acetylenes is 1. The van der Waals surface area contributed by atoms with Crippen LogP contribution in [0.4, 0.5) is 0 Å². The van der Waals surface area contributed by atoms with E-state index in [1.54, 1.807) is 0 Å². The van der Waals surface area contributed by atoms with E-state index in [2.05, 4.69) is 11.2 Å². The quantitative estimate of drug-likeness (QED) is 0.376. The first kappa shape index (κ1) is 20.9. The summed E-state index contributed by atoms with van der Waals surface area (Å²) < 4.78 is 4.85. The van der Waals surface area contributed by atoms with Crippen LogP contribution in [0.25, 0.3) is 0 Å². The molecule has 1 amide bonds. The molecule has 0 unspecified atom stereocenters. The van der Waals surface area contributed by atoms with Crippen molar-refractivity contribution in [3.8, 4) is 12.3 Å². The van der Waals surface area contributed by atoms with Crippen LogP contribution in [0.3, 0.4) is 0 Å². The molecule has 0 heterocycles. The number of carbonyl (C=O) groups is 2. The fourth-order valence-corrected chi connectivity index (χ4v) is 3.68. The maximum Gasteiger partial charge on any atom is 0.329 e. The van der Waals surface area contributed by atoms with Crippen LogP contribution < -0.4 is 5.32 Å². The zero-order valence-corrected chi connectivity index (χ0v) is 16.7. The lowest BCUT2D eigenvalue weighted by atomic mass is 9.68. The van der Waals surface area contributed by atoms with E-state index in [1.807, 2.05) is 91.0 Å². The molecule has 3 aromatic rings. The van der Waals surface area contributed by atoms with Crippen molar-refractivity contribution in [2.45, 2.75) is 17.9 Å². The summed E-state index contributed by atoms with van der Waals surface area (Å²) >= 11 is 0. The lowest BCUT2D eigenvalue weighted by Gasteiger charge is -2.35. The SMILES string of the molecule is C#CC[C@H](NC(=O)C(c1ccccc1)(c1ccccc1)c1ccccc1)C(=O)OC. The van der Waals surface area contributed by atoms with Gasteiger partial charge in [-0.05, 0) is 16.7 Å². The molecular formula is C26H23NO3. The molecule has 0 saturated carbocycles. The van der Waals surface area contributed by atoms with Gasteiger partial charge in [0.15, 0.2) is 0 Å². The number of benzene rings is 3. The van der Waals surface area contributed by atoms with Crippen molar-refractivity contribution in [3.05, 3.63) is 108 Å². The van der Waals surface area contributed by atoms with E-state index in [4.69, 9.17) is 11.2 Å². The van der Waals surface area contributed by atoms with E-state index < -0.39 is 17.4 Å². The van der Waals surface area contributed by atoms with Crippen LogP contribution in [-0.4, -0.2) is 25.0 Å². The standard InChI is InChI=1S/C26H23NO3/c1-3-13-23(24(28)30-2)27-25(29)26(20-14-7-4-8-15-20,21-16-9-5-10-17-21)22-18-11-6-12-19-22/h1,4-12,14-19,23H,13H2,2H3,(H,27,29)/t23-/m0/s1. The highest BCUT2D eigenvalue weighted by Gasteiger charge is 2.44. The summed E-state index contributed by atoms with van der Waals surface area (Å²) in [5.41, 5.74) is 1.17. The summed E-state index contributed by atoms with van der Waals surface area (Å²) in [4.78, 5) is 26.2. The molecule has 0 saturated heterocycles. The molecule has 150 valence electrons. The molecule has 1 N–H and O–H groups in total. The Morgan fingerprint density at radius 3 is 1.60 bits per heavy atom. The monoisotopic (exact) mass is 397 g/mol. The third-order valence-corrected chi connectivity index (χ3v) is 5.07. The summed E-state index contributed by atoms with van der Waals surface area (Å²) in [6.07, 6.45) is 5.47. The highest BCUT2D eigenvalue weighted by molar-refractivity contribution is 5.98. The number of methoxy groups -OCH3 is 1. The van der Waals surface area contributed by atoms with Crippen LogP contribution in [0.1, 0.15) is 23.1 Å². The Labute approximate surface area is 176 Å². The van der Waals surface area contributed by atoms with Gasteiger partial charge in [-0.25, -0.2) is 4.79 Å². The number of hydrogen-bond acceptors (Lipinski definition) is 3. The van der Waals surface area contributed by atoms with Gasteiger partial charge in [-0.15, -0.1) is 12.3 Å². The fraction of sp³-hybridized carbons (Fsp3) is 0.154. The Balaban J connectivity index is 2.25. The second kappa shape index (κ2) is 9.58. The molecule has 4 nitrogen and oxygen atoms in total. The summed E-state index contributed by atoms with van der Waals surface area (Å²) in [6, 6.07) is 27.6. The van der Waals surface area contributed by atoms with E-state index in [-0.39, 0.29) is 12.3 Å². The number of hydrogen-bond donors (Lipinski definition) is 1. The van der Waals surface area contributed by atoms with Crippen molar-refractivity contribution >= 4 is 11.9 Å². The fourth-order valence-electron chi connectivity index (χ4n) is 3.68. The third kappa shape index (κ3) is 3.97. The van der Waals surface area contributed by atoms with Crippen LogP contribution in [0.2, 0.25) is 0 Å². The van der Waals surface area contributed by atoms with E-state index >= 15 is 0 Å². The van der Waals surface area contributed by atoms with Gasteiger partial charge in [-0.1, -0.05) is 91.0 Å². The van der Waals surface area contributed by atoms with Gasteiger partial charge in [-0.3, -0.25) is 4.79 Å². The minimum absolute atomic E-state index is 0.0346. The predicted molar refractivity (Wildman–Crippen MR) is 117 cm³/mol. The highest BCUT2D eigenvalue weighted by Crippen LogP contribution is 2.39. The average molecular weight is 397 g/mol. The Kier molecular flexibility index (Phi) is 6.67. The topological polar surface area (TPSA) is 55.4 Å². The lowest BCUT2D eigenvalue weighted by Crippen LogP contribution is -2.52. The largest absolute Gasteiger partial charge is 0.467 e. The third-order valence-electron chi connectivity index (χ3n) is 5.07. The molecular weight excluding hydrogens is 374 g/mol. The first-order valence-electron chi connectivity index (χ1n) is 9.63. The summed E-state index contributed by atoms with van der Waals surface area (Å²) in [7, 11) is 1.27. The number of ether oxygens (including phenoxy) is 1. The summed E-state index contributed by atoms with van der Waals surface area (Å²) in [5.74, 6) is 1.51. The molecule has 1 atom stereocenters. The normalized spacial score (nSPS) is 11.7. The Bertz CT molecular complexity index is 927. The molecule has 0 aliphatic heterocycles. The number of carbonyl (C=O) groups excluding carboxylic acids is 2. The second-order valence-electron chi connectivity index (χ2n) is 6.81. The van der Waals surface area contributed by atoms with Crippen LogP contribution in [0, 0.1) is 12.3 Å². The van der Waals surface area contributed by atoms with E-state index in [1.165, 1.54) is 7.11 Å². The van der Waals surface area contributed by atoms with Crippen molar-refractivity contribution in [3.63, 3.8) is 0 Å². The zero-order valence-electron chi connectivity index (χ0n) is 16.7. The van der Waals surface area contributed by atoms with Gasteiger partial charge < -0.3 is 10.1 Å². The second-order valence-corrected chi connectivity index (χ2v) is 6.81. The molecule has 3 aromatic carbocycles. The first-order valence-corrected chi connectivity index (χ1v) is 9.63. The maximum atomic E-state index is 14.0. The predicted octanol–water partition coefficient (Wildman–Crippen LogP) is 3.70. The van der Waals surface area contributed by atoms with Gasteiger partial charge >= 0.3 is 5.97 Å². The molecule has 4 heteroatoms. The lowest BCUT2D eigenvalue weighted by molar-refractivity contribution is -0.145. The van der Waals surface area contributed by atoms with Crippen LogP contribution in [0.15, 0.2) is 91.0 Å². The highest BCUT2D eigenvalue weighted by atomic mass is 16.5. The Hall–Kier alpha value is -3.84. The van der Waals surface area contributed by atoms with Crippen molar-refractivity contribution in [2.75, 3.05) is 7.11 Å². The Morgan fingerprint density at radius 2 is 1.27 bits per heavy atom. The molecule has 0 bridgehead atoms. The first-order chi connectivity index (χ1) is 14.6. The van der Waals surface area contributed by atoms with Crippen molar-refractivity contribution in [1.82, 2.24) is 5.32 Å². The number of esters is 1. The molecule has 0 aromatic heterocycles. The van der Waals surface area contributed by atoms with Crippen LogP contribution >= 0.6 is 0 Å².